The first-order valence-corrected chi connectivity index (χ1v) is 4.74. The summed E-state index contributed by atoms with van der Waals surface area (Å²) in [6.45, 7) is 1.87. The van der Waals surface area contributed by atoms with E-state index in [0.717, 1.165) is 36.5 Å². The van der Waals surface area contributed by atoms with Crippen molar-refractivity contribution in [3.8, 4) is 0 Å². The third kappa shape index (κ3) is 0.999. The maximum absolute atomic E-state index is 13.0. The summed E-state index contributed by atoms with van der Waals surface area (Å²) in [5, 5.41) is 3.20. The van der Waals surface area contributed by atoms with Crippen LogP contribution in [0.2, 0.25) is 0 Å². The molecule has 0 saturated carbocycles. The van der Waals surface area contributed by atoms with Crippen LogP contribution >= 0.6 is 0 Å². The molecule has 0 fully saturated rings. The molecule has 4 heteroatoms. The topological polar surface area (TPSA) is 29.9 Å². The first kappa shape index (κ1) is 7.79. The van der Waals surface area contributed by atoms with Gasteiger partial charge in [0, 0.05) is 13.1 Å². The number of aromatic nitrogens is 2. The molecule has 1 aliphatic heterocycles. The molecular weight excluding hydrogens is 181 g/mol. The highest BCUT2D eigenvalue weighted by atomic mass is 19.1. The second-order valence-electron chi connectivity index (χ2n) is 3.50. The zero-order chi connectivity index (χ0) is 9.54. The average Bonchev–Trinajstić information content (AvgIpc) is 2.56. The van der Waals surface area contributed by atoms with Gasteiger partial charge in [-0.05, 0) is 24.6 Å². The molecule has 0 radical (unpaired) electrons. The van der Waals surface area contributed by atoms with Gasteiger partial charge in [-0.1, -0.05) is 0 Å². The predicted molar refractivity (Wildman–Crippen MR) is 52.8 cm³/mol. The minimum Gasteiger partial charge on any atom is -0.356 e. The summed E-state index contributed by atoms with van der Waals surface area (Å²) in [5.41, 5.74) is 1.74. The molecule has 72 valence electrons. The van der Waals surface area contributed by atoms with Crippen LogP contribution in [0.4, 0.5) is 10.3 Å². The molecule has 1 aromatic carbocycles. The zero-order valence-corrected chi connectivity index (χ0v) is 7.63. The van der Waals surface area contributed by atoms with E-state index >= 15 is 0 Å². The van der Waals surface area contributed by atoms with E-state index in [2.05, 4.69) is 10.3 Å². The monoisotopic (exact) mass is 191 g/mol. The van der Waals surface area contributed by atoms with Gasteiger partial charge in [0.1, 0.15) is 5.82 Å². The van der Waals surface area contributed by atoms with Crippen molar-refractivity contribution >= 4 is 17.0 Å². The van der Waals surface area contributed by atoms with Crippen LogP contribution in [0, 0.1) is 5.82 Å². The Morgan fingerprint density at radius 3 is 3.29 bits per heavy atom. The summed E-state index contributed by atoms with van der Waals surface area (Å²) in [5.74, 6) is 0.655. The lowest BCUT2D eigenvalue weighted by molar-refractivity contribution is 0.622. The van der Waals surface area contributed by atoms with Crippen molar-refractivity contribution in [2.75, 3.05) is 11.9 Å². The third-order valence-corrected chi connectivity index (χ3v) is 2.55. The lowest BCUT2D eigenvalue weighted by Crippen LogP contribution is -2.16. The maximum atomic E-state index is 13.0. The quantitative estimate of drug-likeness (QED) is 0.690. The molecular formula is C10H10FN3. The van der Waals surface area contributed by atoms with E-state index in [1.165, 1.54) is 6.07 Å². The summed E-state index contributed by atoms with van der Waals surface area (Å²) in [6.07, 6.45) is 1.06. The molecule has 0 amide bonds. The first-order chi connectivity index (χ1) is 6.84. The molecule has 0 spiro atoms. The van der Waals surface area contributed by atoms with Gasteiger partial charge in [0.15, 0.2) is 0 Å². The van der Waals surface area contributed by atoms with Crippen molar-refractivity contribution in [2.24, 2.45) is 0 Å². The second kappa shape index (κ2) is 2.70. The predicted octanol–water partition coefficient (Wildman–Crippen LogP) is 1.99. The van der Waals surface area contributed by atoms with Crippen LogP contribution in [0.15, 0.2) is 18.2 Å². The van der Waals surface area contributed by atoms with Gasteiger partial charge in [-0.3, -0.25) is 0 Å². The molecule has 0 atom stereocenters. The normalized spacial score (nSPS) is 15.2. The zero-order valence-electron chi connectivity index (χ0n) is 7.63. The Kier molecular flexibility index (Phi) is 1.50. The van der Waals surface area contributed by atoms with Crippen molar-refractivity contribution in [3.63, 3.8) is 0 Å². The first-order valence-electron chi connectivity index (χ1n) is 4.74. The second-order valence-corrected chi connectivity index (χ2v) is 3.50. The molecule has 14 heavy (non-hydrogen) atoms. The molecule has 0 saturated heterocycles. The Labute approximate surface area is 80.6 Å². The molecule has 1 aromatic heterocycles. The Bertz CT molecular complexity index is 489. The number of nitrogens with one attached hydrogen (secondary N) is 1. The fourth-order valence-corrected chi connectivity index (χ4v) is 1.89. The van der Waals surface area contributed by atoms with Gasteiger partial charge in [0.05, 0.1) is 11.0 Å². The molecule has 0 unspecified atom stereocenters. The highest BCUT2D eigenvalue weighted by Crippen LogP contribution is 2.23. The van der Waals surface area contributed by atoms with Gasteiger partial charge in [-0.2, -0.15) is 0 Å². The van der Waals surface area contributed by atoms with E-state index in [0.29, 0.717) is 0 Å². The summed E-state index contributed by atoms with van der Waals surface area (Å²) in [6, 6.07) is 4.71. The number of rotatable bonds is 0. The molecule has 2 heterocycles. The fraction of sp³-hybridized carbons (Fsp3) is 0.300. The summed E-state index contributed by atoms with van der Waals surface area (Å²) in [4.78, 5) is 4.38. The number of hydrogen-bond donors (Lipinski definition) is 1. The average molecular weight is 191 g/mol. The third-order valence-electron chi connectivity index (χ3n) is 2.55. The lowest BCUT2D eigenvalue weighted by atomic mass is 10.3. The van der Waals surface area contributed by atoms with Gasteiger partial charge in [0.2, 0.25) is 5.95 Å². The van der Waals surface area contributed by atoms with Crippen LogP contribution in [0.3, 0.4) is 0 Å². The van der Waals surface area contributed by atoms with Crippen molar-refractivity contribution in [1.82, 2.24) is 9.55 Å². The van der Waals surface area contributed by atoms with Crippen LogP contribution in [-0.4, -0.2) is 16.1 Å². The Morgan fingerprint density at radius 1 is 1.43 bits per heavy atom. The van der Waals surface area contributed by atoms with E-state index in [-0.39, 0.29) is 5.82 Å². The molecule has 1 N–H and O–H groups in total. The molecule has 3 nitrogen and oxygen atoms in total. The summed E-state index contributed by atoms with van der Waals surface area (Å²) in [7, 11) is 0. The van der Waals surface area contributed by atoms with E-state index in [9.17, 15) is 4.39 Å². The van der Waals surface area contributed by atoms with E-state index in [4.69, 9.17) is 0 Å². The Balaban J connectivity index is 2.32. The number of fused-ring (bicyclic) bond motifs is 3. The van der Waals surface area contributed by atoms with Crippen LogP contribution < -0.4 is 5.32 Å². The number of imidazole rings is 1. The van der Waals surface area contributed by atoms with Crippen molar-refractivity contribution < 1.29 is 4.39 Å². The molecule has 0 aliphatic carbocycles. The van der Waals surface area contributed by atoms with Crippen LogP contribution in [0.1, 0.15) is 6.42 Å². The summed E-state index contributed by atoms with van der Waals surface area (Å²) < 4.78 is 15.1. The van der Waals surface area contributed by atoms with Gasteiger partial charge < -0.3 is 9.88 Å². The van der Waals surface area contributed by atoms with Crippen molar-refractivity contribution in [2.45, 2.75) is 13.0 Å². The van der Waals surface area contributed by atoms with E-state index in [1.807, 2.05) is 4.57 Å². The largest absolute Gasteiger partial charge is 0.356 e. The fourth-order valence-electron chi connectivity index (χ4n) is 1.89. The van der Waals surface area contributed by atoms with Gasteiger partial charge in [-0.15, -0.1) is 0 Å². The number of hydrogen-bond acceptors (Lipinski definition) is 2. The van der Waals surface area contributed by atoms with Gasteiger partial charge in [0.25, 0.3) is 0 Å². The smallest absolute Gasteiger partial charge is 0.203 e. The molecule has 3 rings (SSSR count). The highest BCUT2D eigenvalue weighted by molar-refractivity contribution is 5.78. The van der Waals surface area contributed by atoms with Crippen LogP contribution in [0.25, 0.3) is 11.0 Å². The Hall–Kier alpha value is -1.58. The van der Waals surface area contributed by atoms with Crippen LogP contribution in [-0.2, 0) is 6.54 Å². The van der Waals surface area contributed by atoms with Crippen molar-refractivity contribution in [3.05, 3.63) is 24.0 Å². The SMILES string of the molecule is Fc1ccc2nc3n(c2c1)CCCN3. The molecule has 1 aliphatic rings. The number of halogens is 1. The van der Waals surface area contributed by atoms with Crippen molar-refractivity contribution in [1.29, 1.82) is 0 Å². The number of nitrogens with zero attached hydrogens (tertiary/aromatic N) is 2. The minimum absolute atomic E-state index is 0.203. The standard InChI is InChI=1S/C10H10FN3/c11-7-2-3-8-9(6-7)14-5-1-4-12-10(14)13-8/h2-3,6H,1,4-5H2,(H,12,13). The van der Waals surface area contributed by atoms with Crippen LogP contribution in [0.5, 0.6) is 0 Å². The Morgan fingerprint density at radius 2 is 2.36 bits per heavy atom. The lowest BCUT2D eigenvalue weighted by Gasteiger charge is -2.15. The molecule has 2 aromatic rings. The van der Waals surface area contributed by atoms with E-state index in [1.54, 1.807) is 12.1 Å². The van der Waals surface area contributed by atoms with Gasteiger partial charge in [-0.25, -0.2) is 9.37 Å². The maximum Gasteiger partial charge on any atom is 0.203 e. The minimum atomic E-state index is -0.203. The number of benzene rings is 1. The number of anilines is 1. The summed E-state index contributed by atoms with van der Waals surface area (Å²) >= 11 is 0. The highest BCUT2D eigenvalue weighted by Gasteiger charge is 2.13. The molecule has 0 bridgehead atoms. The van der Waals surface area contributed by atoms with Gasteiger partial charge >= 0.3 is 0 Å². The van der Waals surface area contributed by atoms with E-state index < -0.39 is 0 Å². The number of aryl methyl sites for hydroxylation is 1.